The van der Waals surface area contributed by atoms with E-state index in [2.05, 4.69) is 19.1 Å². The number of benzene rings is 1. The van der Waals surface area contributed by atoms with Gasteiger partial charge in [0.2, 0.25) is 0 Å². The molecule has 0 aliphatic carbocycles. The Morgan fingerprint density at radius 2 is 1.20 bits per heavy atom. The topological polar surface area (TPSA) is 20.2 Å². The molecule has 0 heterocycles. The second-order valence-corrected chi connectivity index (χ2v) is 5.86. The molecule has 0 saturated heterocycles. The molecule has 20 heavy (non-hydrogen) atoms. The first-order chi connectivity index (χ1) is 9.88. The molecule has 1 heteroatoms. The Labute approximate surface area is 125 Å². The smallest absolute Gasteiger partial charge is 0.0684 e. The quantitative estimate of drug-likeness (QED) is 0.490. The van der Waals surface area contributed by atoms with E-state index in [0.717, 1.165) is 12.0 Å². The van der Waals surface area contributed by atoms with E-state index in [-0.39, 0.29) is 6.61 Å². The molecular formula is C19H32O. The summed E-state index contributed by atoms with van der Waals surface area (Å²) in [5, 5.41) is 9.28. The highest BCUT2D eigenvalue weighted by atomic mass is 16.3. The van der Waals surface area contributed by atoms with Crippen molar-refractivity contribution in [3.05, 3.63) is 35.4 Å². The van der Waals surface area contributed by atoms with Gasteiger partial charge >= 0.3 is 0 Å². The van der Waals surface area contributed by atoms with Crippen molar-refractivity contribution in [2.75, 3.05) is 0 Å². The average molecular weight is 276 g/mol. The van der Waals surface area contributed by atoms with E-state index < -0.39 is 0 Å². The molecule has 0 aromatic heterocycles. The summed E-state index contributed by atoms with van der Waals surface area (Å²) in [7, 11) is 0. The predicted octanol–water partition coefficient (Wildman–Crippen LogP) is 5.64. The van der Waals surface area contributed by atoms with Gasteiger partial charge in [-0.1, -0.05) is 89.0 Å². The Hall–Kier alpha value is -0.820. The summed E-state index contributed by atoms with van der Waals surface area (Å²) in [6.45, 7) is 2.45. The molecule has 1 aromatic carbocycles. The summed E-state index contributed by atoms with van der Waals surface area (Å²) in [4.78, 5) is 0. The van der Waals surface area contributed by atoms with Gasteiger partial charge in [-0.15, -0.1) is 0 Å². The van der Waals surface area contributed by atoms with Gasteiger partial charge in [0, 0.05) is 0 Å². The third-order valence-corrected chi connectivity index (χ3v) is 4.09. The van der Waals surface area contributed by atoms with Gasteiger partial charge in [0.05, 0.1) is 6.61 Å². The van der Waals surface area contributed by atoms with E-state index in [0.29, 0.717) is 0 Å². The highest BCUT2D eigenvalue weighted by Crippen LogP contribution is 2.15. The minimum absolute atomic E-state index is 0.175. The molecule has 114 valence electrons. The molecular weight excluding hydrogens is 244 g/mol. The molecule has 0 bridgehead atoms. The molecule has 1 aromatic rings. The van der Waals surface area contributed by atoms with Gasteiger partial charge in [0.15, 0.2) is 0 Å². The normalized spacial score (nSPS) is 10.9. The first-order valence-corrected chi connectivity index (χ1v) is 8.56. The van der Waals surface area contributed by atoms with Crippen LogP contribution in [0.4, 0.5) is 0 Å². The first-order valence-electron chi connectivity index (χ1n) is 8.56. The SMILES string of the molecule is CCCCCCCCCCCCc1ccccc1CO. The van der Waals surface area contributed by atoms with Crippen LogP contribution in [-0.2, 0) is 13.0 Å². The number of aliphatic hydroxyl groups excluding tert-OH is 1. The number of rotatable bonds is 12. The summed E-state index contributed by atoms with van der Waals surface area (Å²) in [5.41, 5.74) is 2.43. The van der Waals surface area contributed by atoms with E-state index >= 15 is 0 Å². The van der Waals surface area contributed by atoms with Crippen LogP contribution >= 0.6 is 0 Å². The van der Waals surface area contributed by atoms with Gasteiger partial charge in [-0.05, 0) is 24.0 Å². The summed E-state index contributed by atoms with van der Waals surface area (Å²) in [5.74, 6) is 0. The van der Waals surface area contributed by atoms with Crippen molar-refractivity contribution in [3.8, 4) is 0 Å². The number of hydrogen-bond donors (Lipinski definition) is 1. The van der Waals surface area contributed by atoms with Crippen molar-refractivity contribution in [1.82, 2.24) is 0 Å². The molecule has 0 amide bonds. The standard InChI is InChI=1S/C19H32O/c1-2-3-4-5-6-7-8-9-10-11-14-18-15-12-13-16-19(18)17-20/h12-13,15-16,20H,2-11,14,17H2,1H3. The van der Waals surface area contributed by atoms with Gasteiger partial charge in [-0.3, -0.25) is 0 Å². The van der Waals surface area contributed by atoms with Gasteiger partial charge < -0.3 is 5.11 Å². The molecule has 0 unspecified atom stereocenters. The van der Waals surface area contributed by atoms with Gasteiger partial charge in [0.25, 0.3) is 0 Å². The number of hydrogen-bond acceptors (Lipinski definition) is 1. The van der Waals surface area contributed by atoms with Crippen molar-refractivity contribution < 1.29 is 5.11 Å². The van der Waals surface area contributed by atoms with E-state index in [9.17, 15) is 5.11 Å². The van der Waals surface area contributed by atoms with Crippen LogP contribution in [0, 0.1) is 0 Å². The Bertz CT molecular complexity index is 332. The zero-order chi connectivity index (χ0) is 14.5. The fourth-order valence-corrected chi connectivity index (χ4v) is 2.76. The van der Waals surface area contributed by atoms with E-state index in [4.69, 9.17) is 0 Å². The highest BCUT2D eigenvalue weighted by Gasteiger charge is 2.00. The number of aliphatic hydroxyl groups is 1. The van der Waals surface area contributed by atoms with Gasteiger partial charge in [-0.25, -0.2) is 0 Å². The summed E-state index contributed by atoms with van der Waals surface area (Å²) < 4.78 is 0. The summed E-state index contributed by atoms with van der Waals surface area (Å²) >= 11 is 0. The maximum Gasteiger partial charge on any atom is 0.0684 e. The van der Waals surface area contributed by atoms with Crippen molar-refractivity contribution in [1.29, 1.82) is 0 Å². The van der Waals surface area contributed by atoms with Crippen molar-refractivity contribution in [2.45, 2.75) is 84.2 Å². The molecule has 0 fully saturated rings. The Balaban J connectivity index is 1.97. The lowest BCUT2D eigenvalue weighted by Gasteiger charge is -2.07. The molecule has 1 nitrogen and oxygen atoms in total. The minimum atomic E-state index is 0.175. The van der Waals surface area contributed by atoms with Crippen LogP contribution in [0.5, 0.6) is 0 Å². The van der Waals surface area contributed by atoms with Crippen LogP contribution in [0.15, 0.2) is 24.3 Å². The monoisotopic (exact) mass is 276 g/mol. The van der Waals surface area contributed by atoms with Crippen LogP contribution in [0.2, 0.25) is 0 Å². The van der Waals surface area contributed by atoms with E-state index in [1.54, 1.807) is 0 Å². The van der Waals surface area contributed by atoms with Gasteiger partial charge in [-0.2, -0.15) is 0 Å². The Morgan fingerprint density at radius 1 is 0.700 bits per heavy atom. The summed E-state index contributed by atoms with van der Waals surface area (Å²) in [6, 6.07) is 8.27. The second kappa shape index (κ2) is 12.0. The zero-order valence-electron chi connectivity index (χ0n) is 13.2. The lowest BCUT2D eigenvalue weighted by molar-refractivity contribution is 0.280. The highest BCUT2D eigenvalue weighted by molar-refractivity contribution is 5.26. The van der Waals surface area contributed by atoms with Gasteiger partial charge in [0.1, 0.15) is 0 Å². The molecule has 0 aliphatic heterocycles. The maximum atomic E-state index is 9.28. The number of aryl methyl sites for hydroxylation is 1. The maximum absolute atomic E-state index is 9.28. The minimum Gasteiger partial charge on any atom is -0.392 e. The largest absolute Gasteiger partial charge is 0.392 e. The molecule has 1 N–H and O–H groups in total. The fourth-order valence-electron chi connectivity index (χ4n) is 2.76. The molecule has 0 spiro atoms. The van der Waals surface area contributed by atoms with Crippen LogP contribution < -0.4 is 0 Å². The second-order valence-electron chi connectivity index (χ2n) is 5.86. The molecule has 0 aliphatic rings. The van der Waals surface area contributed by atoms with Crippen LogP contribution in [0.25, 0.3) is 0 Å². The number of unbranched alkanes of at least 4 members (excludes halogenated alkanes) is 9. The lowest BCUT2D eigenvalue weighted by atomic mass is 10.0. The fraction of sp³-hybridized carbons (Fsp3) is 0.684. The third kappa shape index (κ3) is 7.69. The molecule has 1 rings (SSSR count). The predicted molar refractivity (Wildman–Crippen MR) is 87.9 cm³/mol. The Morgan fingerprint density at radius 3 is 1.75 bits per heavy atom. The molecule has 0 saturated carbocycles. The average Bonchev–Trinajstić information content (AvgIpc) is 2.49. The van der Waals surface area contributed by atoms with Crippen LogP contribution in [0.3, 0.4) is 0 Å². The molecule has 0 radical (unpaired) electrons. The van der Waals surface area contributed by atoms with E-state index in [1.807, 2.05) is 12.1 Å². The molecule has 0 atom stereocenters. The summed E-state index contributed by atoms with van der Waals surface area (Å²) in [6.07, 6.45) is 14.9. The zero-order valence-corrected chi connectivity index (χ0v) is 13.2. The van der Waals surface area contributed by atoms with Crippen molar-refractivity contribution >= 4 is 0 Å². The van der Waals surface area contributed by atoms with E-state index in [1.165, 1.54) is 69.8 Å². The lowest BCUT2D eigenvalue weighted by Crippen LogP contribution is -1.94. The first kappa shape index (κ1) is 17.2. The van der Waals surface area contributed by atoms with Crippen LogP contribution in [0.1, 0.15) is 82.3 Å². The van der Waals surface area contributed by atoms with Crippen LogP contribution in [-0.4, -0.2) is 5.11 Å². The van der Waals surface area contributed by atoms with Crippen molar-refractivity contribution in [2.24, 2.45) is 0 Å². The Kier molecular flexibility index (Phi) is 10.3. The third-order valence-electron chi connectivity index (χ3n) is 4.09. The van der Waals surface area contributed by atoms with Crippen molar-refractivity contribution in [3.63, 3.8) is 0 Å².